The van der Waals surface area contributed by atoms with E-state index in [4.69, 9.17) is 4.74 Å². The second-order valence-corrected chi connectivity index (χ2v) is 17.7. The summed E-state index contributed by atoms with van der Waals surface area (Å²) in [4.78, 5) is 63.9. The number of ether oxygens (including phenoxy) is 1. The first kappa shape index (κ1) is 45.8. The number of imidazole rings is 1. The van der Waals surface area contributed by atoms with E-state index in [2.05, 4.69) is 25.9 Å². The van der Waals surface area contributed by atoms with Crippen molar-refractivity contribution in [3.63, 3.8) is 0 Å². The highest BCUT2D eigenvalue weighted by Gasteiger charge is 2.39. The molecule has 3 amide bonds. The maximum Gasteiger partial charge on any atom is 0.407 e. The Balaban J connectivity index is 1.47. The van der Waals surface area contributed by atoms with Gasteiger partial charge in [0, 0.05) is 23.5 Å². The van der Waals surface area contributed by atoms with Crippen LogP contribution in [0.15, 0.2) is 108 Å². The van der Waals surface area contributed by atoms with E-state index < -0.39 is 64.7 Å². The van der Waals surface area contributed by atoms with Crippen molar-refractivity contribution in [2.75, 3.05) is 7.11 Å². The molecule has 0 aliphatic carbocycles. The fraction of sp³-hybridized carbons (Fsp3) is 0.404. The van der Waals surface area contributed by atoms with Crippen LogP contribution < -0.4 is 21.6 Å². The fourth-order valence-corrected chi connectivity index (χ4v) is 7.43. The normalized spacial score (nSPS) is 14.2. The van der Waals surface area contributed by atoms with Gasteiger partial charge >= 0.3 is 11.8 Å². The first-order chi connectivity index (χ1) is 28.8. The highest BCUT2D eigenvalue weighted by Crippen LogP contribution is 2.32. The molecule has 5 aromatic rings. The van der Waals surface area contributed by atoms with Gasteiger partial charge in [-0.05, 0) is 72.4 Å². The average Bonchev–Trinajstić information content (AvgIpc) is 3.47. The van der Waals surface area contributed by atoms with Crippen LogP contribution in [0.25, 0.3) is 11.3 Å². The molecule has 3 heterocycles. The van der Waals surface area contributed by atoms with Gasteiger partial charge < -0.3 is 30.9 Å². The highest BCUT2D eigenvalue weighted by atomic mass is 16.5. The molecule has 0 saturated carbocycles. The zero-order valence-corrected chi connectivity index (χ0v) is 36.3. The van der Waals surface area contributed by atoms with Crippen LogP contribution in [0.2, 0.25) is 0 Å². The molecule has 2 aromatic carbocycles. The van der Waals surface area contributed by atoms with Crippen LogP contribution in [0.1, 0.15) is 76.5 Å². The Morgan fingerprint density at radius 3 is 2.07 bits per heavy atom. The van der Waals surface area contributed by atoms with E-state index in [0.717, 1.165) is 28.1 Å². The Labute approximate surface area is 357 Å². The molecule has 3 aromatic heterocycles. The summed E-state index contributed by atoms with van der Waals surface area (Å²) in [6.07, 6.45) is 1.53. The molecule has 0 unspecified atom stereocenters. The number of amides is 3. The summed E-state index contributed by atoms with van der Waals surface area (Å²) in [6, 6.07) is 24.6. The fourth-order valence-electron chi connectivity index (χ4n) is 7.43. The number of pyridine rings is 2. The third kappa shape index (κ3) is 12.4. The van der Waals surface area contributed by atoms with Gasteiger partial charge in [-0.3, -0.25) is 28.7 Å². The lowest BCUT2D eigenvalue weighted by atomic mass is 9.85. The van der Waals surface area contributed by atoms with Crippen molar-refractivity contribution in [3.05, 3.63) is 136 Å². The number of hydrogen-bond donors (Lipinski definition) is 5. The molecule has 5 atom stereocenters. The number of alkyl carbamates (subject to hydrolysis) is 1. The molecule has 0 radical (unpaired) electrons. The average molecular weight is 834 g/mol. The number of aryl methyl sites for hydroxylation is 1. The summed E-state index contributed by atoms with van der Waals surface area (Å²) < 4.78 is 7.22. The van der Waals surface area contributed by atoms with E-state index in [1.54, 1.807) is 12.3 Å². The van der Waals surface area contributed by atoms with Crippen molar-refractivity contribution in [1.82, 2.24) is 35.1 Å². The molecule has 0 aliphatic rings. The monoisotopic (exact) mass is 833 g/mol. The summed E-state index contributed by atoms with van der Waals surface area (Å²) in [5, 5.41) is 32.0. The van der Waals surface area contributed by atoms with Crippen molar-refractivity contribution in [3.8, 4) is 17.1 Å². The number of nitrogens with zero attached hydrogens (tertiary/aromatic N) is 4. The van der Waals surface area contributed by atoms with Crippen LogP contribution in [0.3, 0.4) is 0 Å². The van der Waals surface area contributed by atoms with E-state index in [9.17, 15) is 29.4 Å². The lowest BCUT2D eigenvalue weighted by Gasteiger charge is -2.35. The third-order valence-corrected chi connectivity index (χ3v) is 10.5. The van der Waals surface area contributed by atoms with Gasteiger partial charge in [-0.2, -0.15) is 0 Å². The van der Waals surface area contributed by atoms with Gasteiger partial charge in [-0.25, -0.2) is 9.59 Å². The third-order valence-electron chi connectivity index (χ3n) is 10.5. The minimum absolute atomic E-state index is 0.00138. The number of aliphatic hydroxyl groups is 1. The molecular formula is C47H59N7O7. The second-order valence-electron chi connectivity index (χ2n) is 17.7. The zero-order valence-electron chi connectivity index (χ0n) is 36.3. The van der Waals surface area contributed by atoms with E-state index in [1.807, 2.05) is 133 Å². The summed E-state index contributed by atoms with van der Waals surface area (Å²) in [7, 11) is 1.23. The Bertz CT molecular complexity index is 2300. The molecule has 14 heteroatoms. The number of hydrogen-bond acceptors (Lipinski definition) is 9. The maximum absolute atomic E-state index is 14.6. The van der Waals surface area contributed by atoms with Crippen molar-refractivity contribution in [1.29, 1.82) is 0 Å². The number of benzene rings is 2. The minimum Gasteiger partial charge on any atom is -0.493 e. The number of aliphatic hydroxyl groups excluding tert-OH is 1. The van der Waals surface area contributed by atoms with Crippen LogP contribution in [-0.2, 0) is 33.7 Å². The Hall–Kier alpha value is -6.28. The molecule has 324 valence electrons. The van der Waals surface area contributed by atoms with Gasteiger partial charge in [-0.15, -0.1) is 0 Å². The number of aromatic nitrogens is 4. The number of aromatic hydroxyl groups is 1. The van der Waals surface area contributed by atoms with Gasteiger partial charge in [0.1, 0.15) is 12.1 Å². The van der Waals surface area contributed by atoms with Crippen LogP contribution in [0.4, 0.5) is 4.79 Å². The first-order valence-corrected chi connectivity index (χ1v) is 20.4. The van der Waals surface area contributed by atoms with Gasteiger partial charge in [0.05, 0.1) is 43.4 Å². The SMILES string of the molecule is COC(=O)N[C@H](C(=O)N[C@H](Cc1ccc(-c2ccccn2)cc1)C[C@H](O)[C@H](Cc1ccccc1)NC(=O)[C@@H](n1cc(O)n(Cc2cccc(C)n2)c1=O)C(C)(C)C)C(C)(C)C. The Morgan fingerprint density at radius 2 is 1.46 bits per heavy atom. The Morgan fingerprint density at radius 1 is 0.787 bits per heavy atom. The van der Waals surface area contributed by atoms with Crippen LogP contribution in [0, 0.1) is 17.8 Å². The van der Waals surface area contributed by atoms with E-state index in [0.29, 0.717) is 12.1 Å². The number of methoxy groups -OCH3 is 1. The van der Waals surface area contributed by atoms with Gasteiger partial charge in [0.2, 0.25) is 17.7 Å². The summed E-state index contributed by atoms with van der Waals surface area (Å²) in [5.74, 6) is -1.33. The standard InChI is InChI=1S/C47H59N7O7/c1-30-15-14-18-34(49-30)28-53-39(56)29-54(45(53)60)41(47(5,6)7)43(58)51-37(26-31-16-10-9-11-17-31)38(55)27-35(50-42(57)40(46(2,3)4)52-44(59)61-8)25-32-20-22-33(23-21-32)36-19-12-13-24-48-36/h9-24,29,35,37-38,40-41,55-56H,25-28H2,1-8H3,(H,50,57)(H,51,58)(H,52,59)/t35-,37+,38+,40-,41-/m1/s1. The van der Waals surface area contributed by atoms with Crippen molar-refractivity contribution >= 4 is 17.9 Å². The number of rotatable bonds is 16. The predicted molar refractivity (Wildman–Crippen MR) is 234 cm³/mol. The molecular weight excluding hydrogens is 775 g/mol. The second kappa shape index (κ2) is 19.9. The minimum atomic E-state index is -1.22. The lowest BCUT2D eigenvalue weighted by Crippen LogP contribution is -2.57. The quantitative estimate of drug-likeness (QED) is 0.0827. The van der Waals surface area contributed by atoms with E-state index in [-0.39, 0.29) is 25.3 Å². The lowest BCUT2D eigenvalue weighted by molar-refractivity contribution is -0.129. The molecule has 0 spiro atoms. The molecule has 61 heavy (non-hydrogen) atoms. The number of carbonyl (C=O) groups excluding carboxylic acids is 3. The predicted octanol–water partition coefficient (Wildman–Crippen LogP) is 5.73. The van der Waals surface area contributed by atoms with Crippen LogP contribution >= 0.6 is 0 Å². The molecule has 0 aliphatic heterocycles. The highest BCUT2D eigenvalue weighted by molar-refractivity contribution is 5.86. The number of carbonyl (C=O) groups is 3. The molecule has 0 fully saturated rings. The number of nitrogens with one attached hydrogen (secondary N) is 3. The molecule has 0 bridgehead atoms. The Kier molecular flexibility index (Phi) is 14.9. The van der Waals surface area contributed by atoms with Crippen LogP contribution in [-0.4, -0.2) is 78.6 Å². The van der Waals surface area contributed by atoms with Crippen molar-refractivity contribution in [2.45, 2.75) is 105 Å². The van der Waals surface area contributed by atoms with Crippen molar-refractivity contribution < 1.29 is 29.3 Å². The largest absolute Gasteiger partial charge is 0.493 e. The van der Waals surface area contributed by atoms with Gasteiger partial charge in [-0.1, -0.05) is 108 Å². The summed E-state index contributed by atoms with van der Waals surface area (Å²) in [5.41, 5.74) is 2.61. The molecule has 14 nitrogen and oxygen atoms in total. The van der Waals surface area contributed by atoms with E-state index >= 15 is 0 Å². The van der Waals surface area contributed by atoms with Crippen LogP contribution in [0.5, 0.6) is 5.88 Å². The molecule has 0 saturated heterocycles. The smallest absolute Gasteiger partial charge is 0.407 e. The maximum atomic E-state index is 14.6. The topological polar surface area (TPSA) is 190 Å². The molecule has 5 rings (SSSR count). The van der Waals surface area contributed by atoms with E-state index in [1.165, 1.54) is 22.4 Å². The first-order valence-electron chi connectivity index (χ1n) is 20.4. The molecule has 5 N–H and O–H groups in total. The van der Waals surface area contributed by atoms with Gasteiger partial charge in [0.25, 0.3) is 0 Å². The zero-order chi connectivity index (χ0) is 44.5. The van der Waals surface area contributed by atoms with Crippen molar-refractivity contribution in [2.24, 2.45) is 10.8 Å². The summed E-state index contributed by atoms with van der Waals surface area (Å²) >= 11 is 0. The van der Waals surface area contributed by atoms with Gasteiger partial charge in [0.15, 0.2) is 0 Å². The summed E-state index contributed by atoms with van der Waals surface area (Å²) in [6.45, 7) is 12.8.